The zero-order chi connectivity index (χ0) is 55.5. The number of hydrogen-bond donors (Lipinski definition) is 16. The van der Waals surface area contributed by atoms with Gasteiger partial charge >= 0.3 is 0 Å². The first-order valence-electron chi connectivity index (χ1n) is 24.9. The minimum Gasteiger partial charge on any atom is -0.370 e. The van der Waals surface area contributed by atoms with Crippen LogP contribution in [0.2, 0.25) is 0 Å². The SMILES string of the molecule is CC(=O)N1C[C@H](C(=O)N[C@H]2CC(=O)NCCCC[C@@H](C(N)=O)NC(=O)[C@H](Cc3c[nH]c4ccccc34)NC(=O)[C@H](CCCNC(=N)N)NC(=O)C(c3ccccc3)NC(=O)[C@H](C)NC2=O)NC(=O)[C@@H]1CCCNC(=N)N. The van der Waals surface area contributed by atoms with E-state index in [0.29, 0.717) is 12.0 Å². The fourth-order valence-corrected chi connectivity index (χ4v) is 8.73. The molecule has 0 spiro atoms. The van der Waals surface area contributed by atoms with Gasteiger partial charge in [0.1, 0.15) is 48.3 Å². The highest BCUT2D eigenvalue weighted by Gasteiger charge is 2.40. The number of nitrogens with one attached hydrogen (secondary N) is 13. The molecule has 1 aromatic heterocycles. The van der Waals surface area contributed by atoms with Crippen molar-refractivity contribution >= 4 is 81.9 Å². The van der Waals surface area contributed by atoms with Crippen LogP contribution in [0.15, 0.2) is 60.8 Å². The molecule has 76 heavy (non-hydrogen) atoms. The van der Waals surface area contributed by atoms with Gasteiger partial charge in [0.25, 0.3) is 0 Å². The summed E-state index contributed by atoms with van der Waals surface area (Å²) in [4.78, 5) is 142. The molecule has 0 bridgehead atoms. The molecular formula is C49H69N17O10. The molecule has 27 nitrogen and oxygen atoms in total. The number of guanidine groups is 2. The van der Waals surface area contributed by atoms with Crippen LogP contribution in [0.3, 0.4) is 0 Å². The van der Waals surface area contributed by atoms with Crippen molar-refractivity contribution in [2.75, 3.05) is 26.2 Å². The largest absolute Gasteiger partial charge is 0.370 e. The quantitative estimate of drug-likeness (QED) is 0.0422. The van der Waals surface area contributed by atoms with Crippen molar-refractivity contribution in [3.8, 4) is 0 Å². The lowest BCUT2D eigenvalue weighted by molar-refractivity contribution is -0.146. The van der Waals surface area contributed by atoms with Gasteiger partial charge in [0.2, 0.25) is 59.1 Å². The summed E-state index contributed by atoms with van der Waals surface area (Å²) < 4.78 is 0. The summed E-state index contributed by atoms with van der Waals surface area (Å²) in [6.07, 6.45) is 2.02. The smallest absolute Gasteiger partial charge is 0.247 e. The van der Waals surface area contributed by atoms with Gasteiger partial charge in [-0.1, -0.05) is 48.5 Å². The van der Waals surface area contributed by atoms with Gasteiger partial charge in [-0.05, 0) is 69.1 Å². The third-order valence-electron chi connectivity index (χ3n) is 12.8. The standard InChI is InChI=1S/C49H69N17O10/c1-26-41(70)65-39(28-12-4-3-5-13-28)47(76)61-33(17-10-20-56-48(51)52)42(71)62-34(22-29-24-58-31-15-7-6-14-30(29)31)44(73)60-32(40(50)69)16-8-9-19-55-38(68)23-35(43(72)59-26)63-45(74)36-25-66(27(2)67)37(46(75)64-36)18-11-21-57-49(53)54/h3-7,12-15,24,26,32-37,39,58H,8-11,16-23,25H2,1-2H3,(H2,50,69)(H,55,68)(H,59,72)(H,60,73)(H,61,76)(H,62,71)(H,63,74)(H,64,75)(H,65,70)(H4,51,52,56)(H4,53,54,57)/t26-,32-,33-,34-,35-,36+,37-,39?/m0/s1. The van der Waals surface area contributed by atoms with Crippen molar-refractivity contribution in [2.24, 2.45) is 17.2 Å². The van der Waals surface area contributed by atoms with Gasteiger partial charge in [-0.2, -0.15) is 0 Å². The molecule has 2 saturated heterocycles. The van der Waals surface area contributed by atoms with Crippen molar-refractivity contribution in [3.63, 3.8) is 0 Å². The van der Waals surface area contributed by atoms with Crippen LogP contribution in [-0.4, -0.2) is 149 Å². The monoisotopic (exact) mass is 1060 g/mol. The molecule has 410 valence electrons. The van der Waals surface area contributed by atoms with Crippen molar-refractivity contribution in [1.82, 2.24) is 63.1 Å². The Morgan fingerprint density at radius 1 is 0.697 bits per heavy atom. The molecule has 1 unspecified atom stereocenters. The Morgan fingerprint density at radius 3 is 2.00 bits per heavy atom. The van der Waals surface area contributed by atoms with E-state index in [2.05, 4.69) is 58.2 Å². The molecule has 2 aromatic carbocycles. The van der Waals surface area contributed by atoms with E-state index in [1.807, 2.05) is 18.2 Å². The Balaban J connectivity index is 1.44. The van der Waals surface area contributed by atoms with E-state index < -0.39 is 114 Å². The summed E-state index contributed by atoms with van der Waals surface area (Å²) in [5.41, 5.74) is 18.3. The maximum absolute atomic E-state index is 14.5. The summed E-state index contributed by atoms with van der Waals surface area (Å²) in [6, 6.07) is 4.35. The second-order valence-electron chi connectivity index (χ2n) is 18.6. The Kier molecular flexibility index (Phi) is 21.4. The van der Waals surface area contributed by atoms with Crippen LogP contribution in [0.1, 0.15) is 82.4 Å². The normalized spacial score (nSPS) is 23.7. The number of benzene rings is 2. The Hall–Kier alpha value is -8.78. The van der Waals surface area contributed by atoms with Gasteiger partial charge in [0.05, 0.1) is 13.0 Å². The number of piperazine rings is 1. The molecule has 2 aliphatic rings. The van der Waals surface area contributed by atoms with Crippen LogP contribution < -0.4 is 70.4 Å². The maximum atomic E-state index is 14.5. The van der Waals surface area contributed by atoms with E-state index in [9.17, 15) is 47.9 Å². The van der Waals surface area contributed by atoms with E-state index in [1.54, 1.807) is 42.6 Å². The molecule has 3 heterocycles. The highest BCUT2D eigenvalue weighted by Crippen LogP contribution is 2.21. The van der Waals surface area contributed by atoms with Crippen LogP contribution in [0.5, 0.6) is 0 Å². The topological polar surface area (TPSA) is 436 Å². The first-order chi connectivity index (χ1) is 36.2. The van der Waals surface area contributed by atoms with E-state index in [1.165, 1.54) is 18.7 Å². The molecule has 27 heteroatoms. The molecule has 10 amide bonds. The Labute approximate surface area is 437 Å². The molecule has 8 atom stereocenters. The highest BCUT2D eigenvalue weighted by molar-refractivity contribution is 6.00. The van der Waals surface area contributed by atoms with E-state index in [0.717, 1.165) is 10.9 Å². The summed E-state index contributed by atoms with van der Waals surface area (Å²) >= 11 is 0. The molecule has 5 rings (SSSR count). The van der Waals surface area contributed by atoms with Gasteiger partial charge in [0.15, 0.2) is 11.9 Å². The maximum Gasteiger partial charge on any atom is 0.247 e. The van der Waals surface area contributed by atoms with Crippen molar-refractivity contribution in [2.45, 2.75) is 120 Å². The van der Waals surface area contributed by atoms with Crippen LogP contribution in [-0.2, 0) is 54.4 Å². The number of hydrogen-bond acceptors (Lipinski definition) is 12. The summed E-state index contributed by atoms with van der Waals surface area (Å²) in [7, 11) is 0. The first kappa shape index (κ1) is 58.1. The lowest BCUT2D eigenvalue weighted by Gasteiger charge is -2.38. The van der Waals surface area contributed by atoms with Crippen molar-refractivity contribution in [1.29, 1.82) is 10.8 Å². The molecule has 3 aromatic rings. The third kappa shape index (κ3) is 17.2. The van der Waals surface area contributed by atoms with Crippen LogP contribution in [0, 0.1) is 10.8 Å². The minimum absolute atomic E-state index is 0.000587. The molecule has 0 radical (unpaired) electrons. The number of primary amides is 1. The zero-order valence-electron chi connectivity index (χ0n) is 42.3. The molecule has 2 fully saturated rings. The average Bonchev–Trinajstić information content (AvgIpc) is 3.78. The predicted molar refractivity (Wildman–Crippen MR) is 277 cm³/mol. The third-order valence-corrected chi connectivity index (χ3v) is 12.8. The average molecular weight is 1060 g/mol. The number of nitrogens with zero attached hydrogens (tertiary/aromatic N) is 1. The highest BCUT2D eigenvalue weighted by atomic mass is 16.2. The summed E-state index contributed by atoms with van der Waals surface area (Å²) in [6.45, 7) is 2.58. The van der Waals surface area contributed by atoms with Gasteiger partial charge < -0.3 is 80.3 Å². The number of fused-ring (bicyclic) bond motifs is 1. The molecule has 2 aliphatic heterocycles. The number of rotatable bonds is 14. The summed E-state index contributed by atoms with van der Waals surface area (Å²) in [5, 5.41) is 41.9. The van der Waals surface area contributed by atoms with Crippen LogP contribution in [0.4, 0.5) is 0 Å². The molecular weight excluding hydrogens is 987 g/mol. The van der Waals surface area contributed by atoms with E-state index in [-0.39, 0.29) is 88.6 Å². The second kappa shape index (κ2) is 28.0. The second-order valence-corrected chi connectivity index (χ2v) is 18.6. The number of aromatic nitrogens is 1. The van der Waals surface area contributed by atoms with Gasteiger partial charge in [0, 0.05) is 50.1 Å². The van der Waals surface area contributed by atoms with E-state index >= 15 is 0 Å². The van der Waals surface area contributed by atoms with Gasteiger partial charge in [-0.25, -0.2) is 0 Å². The minimum atomic E-state index is -1.67. The number of aromatic amines is 1. The lowest BCUT2D eigenvalue weighted by Crippen LogP contribution is -2.66. The molecule has 0 saturated carbocycles. The summed E-state index contributed by atoms with van der Waals surface area (Å²) in [5.74, 6) is -8.70. The van der Waals surface area contributed by atoms with Gasteiger partial charge in [-0.3, -0.25) is 58.8 Å². The van der Waals surface area contributed by atoms with Crippen LogP contribution in [0.25, 0.3) is 10.9 Å². The predicted octanol–water partition coefficient (Wildman–Crippen LogP) is -3.57. The van der Waals surface area contributed by atoms with Crippen molar-refractivity contribution in [3.05, 3.63) is 71.9 Å². The number of amides is 10. The fourth-order valence-electron chi connectivity index (χ4n) is 8.73. The first-order valence-corrected chi connectivity index (χ1v) is 24.9. The van der Waals surface area contributed by atoms with Crippen LogP contribution >= 0.6 is 0 Å². The lowest BCUT2D eigenvalue weighted by atomic mass is 10.0. The molecule has 0 aliphatic carbocycles. The molecule has 19 N–H and O–H groups in total. The Bertz CT molecular complexity index is 2630. The zero-order valence-corrected chi connectivity index (χ0v) is 42.3. The Morgan fingerprint density at radius 2 is 1.33 bits per heavy atom. The van der Waals surface area contributed by atoms with Gasteiger partial charge in [-0.15, -0.1) is 0 Å². The van der Waals surface area contributed by atoms with E-state index in [4.69, 9.17) is 28.0 Å². The van der Waals surface area contributed by atoms with Crippen molar-refractivity contribution < 1.29 is 47.9 Å². The number of para-hydroxylation sites is 1. The fraction of sp³-hybridized carbons (Fsp3) is 0.469. The number of nitrogens with two attached hydrogens (primary N) is 3. The number of H-pyrrole nitrogens is 1. The number of carbonyl (C=O) groups is 10. The number of carbonyl (C=O) groups excluding carboxylic acids is 10.